The zero-order valence-electron chi connectivity index (χ0n) is 21.9. The fourth-order valence-electron chi connectivity index (χ4n) is 5.22. The Balaban J connectivity index is 1.23. The number of ether oxygens (including phenoxy) is 1. The number of hydrogen-bond donors (Lipinski definition) is 1. The van der Waals surface area contributed by atoms with E-state index >= 15 is 0 Å². The van der Waals surface area contributed by atoms with E-state index in [4.69, 9.17) is 16.3 Å². The van der Waals surface area contributed by atoms with Gasteiger partial charge in [-0.15, -0.1) is 11.6 Å². The minimum absolute atomic E-state index is 0.172. The predicted molar refractivity (Wildman–Crippen MR) is 158 cm³/mol. The SMILES string of the molecule is COC(=O)C1(NC(=O)CN2CCN(c3ccc(C(Cl)(c4ccccc4)c4ccccc4)cc3)CC2)CC=CS1. The first-order valence-corrected chi connectivity index (χ1v) is 14.3. The standard InChI is InChI=1S/C31H32ClN3O3S/c1-38-29(37)30(17-8-22-39-30)33-28(36)23-34-18-20-35(21-19-34)27-15-13-26(14-16-27)31(32,24-9-4-2-5-10-24)25-11-6-3-7-12-25/h2-16,22H,17-21,23H2,1H3,(H,33,36). The molecule has 202 valence electrons. The molecule has 39 heavy (non-hydrogen) atoms. The molecule has 0 bridgehead atoms. The Morgan fingerprint density at radius 1 is 0.897 bits per heavy atom. The van der Waals surface area contributed by atoms with E-state index in [1.54, 1.807) is 0 Å². The molecule has 0 spiro atoms. The molecule has 3 aromatic carbocycles. The zero-order valence-corrected chi connectivity index (χ0v) is 23.5. The van der Waals surface area contributed by atoms with Gasteiger partial charge in [-0.25, -0.2) is 4.79 Å². The summed E-state index contributed by atoms with van der Waals surface area (Å²) in [4.78, 5) is 27.7. The Hall–Kier alpha value is -3.26. The number of methoxy groups -OCH3 is 1. The summed E-state index contributed by atoms with van der Waals surface area (Å²) in [7, 11) is 1.34. The lowest BCUT2D eigenvalue weighted by molar-refractivity contribution is -0.146. The molecule has 1 atom stereocenters. The van der Waals surface area contributed by atoms with E-state index in [0.29, 0.717) is 6.42 Å². The van der Waals surface area contributed by atoms with Crippen LogP contribution in [0.3, 0.4) is 0 Å². The van der Waals surface area contributed by atoms with Crippen LogP contribution in [0.5, 0.6) is 0 Å². The van der Waals surface area contributed by atoms with Crippen molar-refractivity contribution < 1.29 is 14.3 Å². The lowest BCUT2D eigenvalue weighted by Crippen LogP contribution is -2.55. The molecule has 2 heterocycles. The average molecular weight is 562 g/mol. The molecule has 0 aliphatic carbocycles. The summed E-state index contributed by atoms with van der Waals surface area (Å²) in [5, 5.41) is 4.73. The number of carbonyl (C=O) groups is 2. The van der Waals surface area contributed by atoms with Gasteiger partial charge in [0.05, 0.1) is 13.7 Å². The highest BCUT2D eigenvalue weighted by molar-refractivity contribution is 8.04. The van der Waals surface area contributed by atoms with Crippen molar-refractivity contribution in [2.75, 3.05) is 44.7 Å². The minimum atomic E-state index is -1.05. The van der Waals surface area contributed by atoms with Crippen LogP contribution >= 0.6 is 23.4 Å². The van der Waals surface area contributed by atoms with E-state index in [-0.39, 0.29) is 12.5 Å². The highest BCUT2D eigenvalue weighted by Gasteiger charge is 2.43. The molecule has 0 saturated carbocycles. The van der Waals surface area contributed by atoms with Crippen LogP contribution in [0.2, 0.25) is 0 Å². The number of thioether (sulfide) groups is 1. The van der Waals surface area contributed by atoms with Gasteiger partial charge >= 0.3 is 5.97 Å². The van der Waals surface area contributed by atoms with Crippen LogP contribution in [0.4, 0.5) is 5.69 Å². The van der Waals surface area contributed by atoms with Gasteiger partial charge in [-0.3, -0.25) is 9.69 Å². The van der Waals surface area contributed by atoms with E-state index < -0.39 is 15.7 Å². The van der Waals surface area contributed by atoms with Gasteiger partial charge in [0.1, 0.15) is 4.87 Å². The molecule has 1 fully saturated rings. The van der Waals surface area contributed by atoms with Crippen LogP contribution in [-0.4, -0.2) is 61.5 Å². The summed E-state index contributed by atoms with van der Waals surface area (Å²) in [5.41, 5.74) is 4.19. The molecular weight excluding hydrogens is 530 g/mol. The number of hydrogen-bond acceptors (Lipinski definition) is 6. The predicted octanol–water partition coefficient (Wildman–Crippen LogP) is 4.98. The van der Waals surface area contributed by atoms with Gasteiger partial charge in [0, 0.05) is 38.3 Å². The van der Waals surface area contributed by atoms with Crippen molar-refractivity contribution >= 4 is 40.9 Å². The third-order valence-electron chi connectivity index (χ3n) is 7.34. The van der Waals surface area contributed by atoms with Gasteiger partial charge in [-0.05, 0) is 34.2 Å². The molecule has 3 aromatic rings. The van der Waals surface area contributed by atoms with E-state index in [1.165, 1.54) is 18.9 Å². The number of anilines is 1. The van der Waals surface area contributed by atoms with Crippen molar-refractivity contribution in [3.8, 4) is 0 Å². The highest BCUT2D eigenvalue weighted by atomic mass is 35.5. The van der Waals surface area contributed by atoms with Crippen LogP contribution in [-0.2, 0) is 19.2 Å². The number of halogens is 1. The monoisotopic (exact) mass is 561 g/mol. The largest absolute Gasteiger partial charge is 0.467 e. The lowest BCUT2D eigenvalue weighted by atomic mass is 9.84. The van der Waals surface area contributed by atoms with Crippen LogP contribution in [0.1, 0.15) is 23.1 Å². The Morgan fingerprint density at radius 3 is 1.97 bits per heavy atom. The van der Waals surface area contributed by atoms with Crippen molar-refractivity contribution in [1.82, 2.24) is 10.2 Å². The van der Waals surface area contributed by atoms with Crippen molar-refractivity contribution in [3.05, 3.63) is 113 Å². The van der Waals surface area contributed by atoms with Crippen LogP contribution < -0.4 is 10.2 Å². The van der Waals surface area contributed by atoms with Gasteiger partial charge in [-0.2, -0.15) is 0 Å². The van der Waals surface area contributed by atoms with Gasteiger partial charge in [0.15, 0.2) is 4.87 Å². The quantitative estimate of drug-likeness (QED) is 0.238. The summed E-state index contributed by atoms with van der Waals surface area (Å²) >= 11 is 8.72. The number of alkyl halides is 1. The van der Waals surface area contributed by atoms with Gasteiger partial charge in [0.2, 0.25) is 5.91 Å². The maximum atomic E-state index is 12.8. The highest BCUT2D eigenvalue weighted by Crippen LogP contribution is 2.43. The van der Waals surface area contributed by atoms with E-state index in [1.807, 2.05) is 47.9 Å². The molecule has 5 rings (SSSR count). The Morgan fingerprint density at radius 2 is 1.46 bits per heavy atom. The first-order valence-electron chi connectivity index (χ1n) is 13.0. The molecule has 8 heteroatoms. The average Bonchev–Trinajstić information content (AvgIpc) is 3.47. The van der Waals surface area contributed by atoms with Crippen molar-refractivity contribution in [2.45, 2.75) is 16.2 Å². The molecule has 1 unspecified atom stereocenters. The van der Waals surface area contributed by atoms with Crippen LogP contribution in [0.15, 0.2) is 96.4 Å². The maximum absolute atomic E-state index is 12.8. The van der Waals surface area contributed by atoms with Crippen molar-refractivity contribution in [3.63, 3.8) is 0 Å². The number of amides is 1. The molecule has 2 aliphatic heterocycles. The summed E-state index contributed by atoms with van der Waals surface area (Å²) in [6, 6.07) is 28.8. The van der Waals surface area contributed by atoms with E-state index in [9.17, 15) is 9.59 Å². The second-order valence-corrected chi connectivity index (χ2v) is 11.5. The molecule has 6 nitrogen and oxygen atoms in total. The Labute approximate surface area is 239 Å². The molecule has 2 aliphatic rings. The molecule has 1 saturated heterocycles. The minimum Gasteiger partial charge on any atom is -0.467 e. The number of carbonyl (C=O) groups excluding carboxylic acids is 2. The number of piperazine rings is 1. The van der Waals surface area contributed by atoms with E-state index in [0.717, 1.165) is 48.6 Å². The first-order chi connectivity index (χ1) is 18.9. The van der Waals surface area contributed by atoms with Crippen molar-refractivity contribution in [2.24, 2.45) is 0 Å². The number of benzene rings is 3. The van der Waals surface area contributed by atoms with E-state index in [2.05, 4.69) is 63.6 Å². The topological polar surface area (TPSA) is 61.9 Å². The fourth-order valence-corrected chi connectivity index (χ4v) is 6.57. The summed E-state index contributed by atoms with van der Waals surface area (Å²) in [6.45, 7) is 3.34. The molecule has 1 amide bonds. The second kappa shape index (κ2) is 11.9. The fraction of sp³-hybridized carbons (Fsp3) is 0.290. The number of nitrogens with zero attached hydrogens (tertiary/aromatic N) is 2. The molecular formula is C31H32ClN3O3S. The van der Waals surface area contributed by atoms with Crippen LogP contribution in [0, 0.1) is 0 Å². The Bertz CT molecular complexity index is 1260. The Kier molecular flexibility index (Phi) is 8.31. The van der Waals surface area contributed by atoms with Gasteiger partial charge < -0.3 is 15.0 Å². The molecule has 1 N–H and O–H groups in total. The van der Waals surface area contributed by atoms with Gasteiger partial charge in [0.25, 0.3) is 0 Å². The third kappa shape index (κ3) is 5.71. The maximum Gasteiger partial charge on any atom is 0.342 e. The number of nitrogens with one attached hydrogen (secondary N) is 1. The normalized spacial score (nSPS) is 19.6. The summed E-state index contributed by atoms with van der Waals surface area (Å²) < 4.78 is 4.93. The number of rotatable bonds is 8. The van der Waals surface area contributed by atoms with Gasteiger partial charge in [-0.1, -0.05) is 90.6 Å². The van der Waals surface area contributed by atoms with Crippen LogP contribution in [0.25, 0.3) is 0 Å². The van der Waals surface area contributed by atoms with Crippen molar-refractivity contribution in [1.29, 1.82) is 0 Å². The molecule has 0 radical (unpaired) electrons. The lowest BCUT2D eigenvalue weighted by Gasteiger charge is -2.36. The zero-order chi connectivity index (χ0) is 27.3. The first kappa shape index (κ1) is 27.3. The summed E-state index contributed by atoms with van der Waals surface area (Å²) in [5.74, 6) is -0.603. The molecule has 0 aromatic heterocycles. The summed E-state index contributed by atoms with van der Waals surface area (Å²) in [6.07, 6.45) is 2.30. The third-order valence-corrected chi connectivity index (χ3v) is 9.16. The number of esters is 1. The smallest absolute Gasteiger partial charge is 0.342 e. The second-order valence-electron chi connectivity index (χ2n) is 9.76.